The maximum Gasteiger partial charge on any atom is 0.410 e. The number of carbonyl (C=O) groups excluding carboxylic acids is 3. The molecule has 0 radical (unpaired) electrons. The monoisotopic (exact) mass is 924 g/mol. The van der Waals surface area contributed by atoms with E-state index in [0.29, 0.717) is 19.4 Å². The summed E-state index contributed by atoms with van der Waals surface area (Å²) in [5.41, 5.74) is -0.639. The molecule has 0 spiro atoms. The molecule has 0 aromatic carbocycles. The van der Waals surface area contributed by atoms with Crippen molar-refractivity contribution in [3.8, 4) is 0 Å². The second-order valence-electron chi connectivity index (χ2n) is 20.4. The van der Waals surface area contributed by atoms with Crippen LogP contribution in [0.15, 0.2) is 0 Å². The van der Waals surface area contributed by atoms with Crippen molar-refractivity contribution in [3.05, 3.63) is 0 Å². The summed E-state index contributed by atoms with van der Waals surface area (Å²) in [6.45, 7) is 19.0. The topological polar surface area (TPSA) is 176 Å². The highest BCUT2D eigenvalue weighted by molar-refractivity contribution is 6.76. The molecule has 0 aliphatic heterocycles. The molecule has 3 unspecified atom stereocenters. The normalized spacial score (nSPS) is 19.9. The summed E-state index contributed by atoms with van der Waals surface area (Å²) >= 11 is 0. The van der Waals surface area contributed by atoms with Crippen LogP contribution < -0.4 is 16.0 Å². The zero-order valence-electron chi connectivity index (χ0n) is 38.0. The molecule has 3 fully saturated rings. The molecule has 0 aromatic rings. The number of hydrogen-bond donors (Lipinski definition) is 5. The van der Waals surface area contributed by atoms with Gasteiger partial charge in [0.1, 0.15) is 11.6 Å². The molecule has 0 bridgehead atoms. The number of nitrogens with one attached hydrogen (secondary N) is 3. The lowest BCUT2D eigenvalue weighted by atomic mass is 9.77. The molecule has 3 rings (SSSR count). The van der Waals surface area contributed by atoms with Crippen LogP contribution in [0.25, 0.3) is 0 Å². The van der Waals surface area contributed by atoms with E-state index in [9.17, 15) is 45.5 Å². The minimum absolute atomic E-state index is 0.00798. The van der Waals surface area contributed by atoms with Gasteiger partial charge >= 0.3 is 24.2 Å². The van der Waals surface area contributed by atoms with Crippen LogP contribution in [0.1, 0.15) is 78.6 Å². The van der Waals surface area contributed by atoms with E-state index in [-0.39, 0.29) is 88.5 Å². The first-order valence-electron chi connectivity index (χ1n) is 21.1. The maximum atomic E-state index is 13.2. The van der Waals surface area contributed by atoms with Gasteiger partial charge in [-0.15, -0.1) is 0 Å². The molecule has 0 heterocycles. The van der Waals surface area contributed by atoms with Gasteiger partial charge in [0.2, 0.25) is 17.8 Å². The van der Waals surface area contributed by atoms with Crippen LogP contribution in [0.4, 0.5) is 40.7 Å². The number of rotatable bonds is 19. The first kappa shape index (κ1) is 56.2. The number of amides is 3. The van der Waals surface area contributed by atoms with Crippen molar-refractivity contribution in [2.45, 2.75) is 171 Å². The SMILES string of the molecule is CN(CC(CC1CC(F)(F)C1)NC(=O)OCC[Si](C)(C)C)C(=O)OC(C)(C)C.CNC(CO)CC1CC(F)(F)C1.C[Si](C)(C)CCOC(=O)NC(CC1CC(F)(F)C1)C(=O)O. The van der Waals surface area contributed by atoms with Gasteiger partial charge in [0.25, 0.3) is 0 Å². The molecule has 0 aromatic heterocycles. The molecule has 13 nitrogen and oxygen atoms in total. The van der Waals surface area contributed by atoms with Crippen molar-refractivity contribution < 1.29 is 69.9 Å². The fourth-order valence-electron chi connectivity index (χ4n) is 6.71. The number of likely N-dealkylation sites (N-methyl/N-ethyl adjacent to an activating group) is 2. The van der Waals surface area contributed by atoms with Crippen LogP contribution in [0.3, 0.4) is 0 Å². The molecule has 61 heavy (non-hydrogen) atoms. The first-order chi connectivity index (χ1) is 27.6. The zero-order valence-corrected chi connectivity index (χ0v) is 40.0. The van der Waals surface area contributed by atoms with E-state index >= 15 is 0 Å². The molecule has 3 amide bonds. The van der Waals surface area contributed by atoms with Gasteiger partial charge in [-0.25, -0.2) is 45.5 Å². The van der Waals surface area contributed by atoms with Crippen LogP contribution in [-0.2, 0) is 19.0 Å². The van der Waals surface area contributed by atoms with E-state index in [0.717, 1.165) is 12.1 Å². The van der Waals surface area contributed by atoms with E-state index in [4.69, 9.17) is 24.4 Å². The Labute approximate surface area is 360 Å². The maximum absolute atomic E-state index is 13.2. The lowest BCUT2D eigenvalue weighted by molar-refractivity contribution is -0.143. The number of halogens is 6. The average Bonchev–Trinajstić information content (AvgIpc) is 3.02. The number of hydrogen-bond acceptors (Lipinski definition) is 9. The highest BCUT2D eigenvalue weighted by Gasteiger charge is 2.48. The third kappa shape index (κ3) is 25.8. The molecule has 3 aliphatic rings. The second-order valence-corrected chi connectivity index (χ2v) is 31.6. The van der Waals surface area contributed by atoms with Gasteiger partial charge in [-0.05, 0) is 76.9 Å². The number of aliphatic hydroxyl groups excluding tert-OH is 1. The van der Waals surface area contributed by atoms with E-state index in [1.54, 1.807) is 34.9 Å². The molecular formula is C40H74F6N4O9Si2. The fraction of sp³-hybridized carbons (Fsp3) is 0.900. The van der Waals surface area contributed by atoms with E-state index in [1.807, 2.05) is 0 Å². The van der Waals surface area contributed by atoms with Crippen molar-refractivity contribution in [3.63, 3.8) is 0 Å². The highest BCUT2D eigenvalue weighted by Crippen LogP contribution is 2.46. The Morgan fingerprint density at radius 3 is 1.41 bits per heavy atom. The van der Waals surface area contributed by atoms with Crippen molar-refractivity contribution in [2.24, 2.45) is 17.8 Å². The second kappa shape index (κ2) is 23.8. The van der Waals surface area contributed by atoms with Crippen molar-refractivity contribution in [1.82, 2.24) is 20.9 Å². The van der Waals surface area contributed by atoms with Crippen molar-refractivity contribution in [1.29, 1.82) is 0 Å². The van der Waals surface area contributed by atoms with Crippen LogP contribution in [0.5, 0.6) is 0 Å². The summed E-state index contributed by atoms with van der Waals surface area (Å²) in [6, 6.07) is -0.0420. The van der Waals surface area contributed by atoms with Crippen LogP contribution in [0, 0.1) is 17.8 Å². The number of aliphatic hydroxyl groups is 1. The van der Waals surface area contributed by atoms with E-state index in [1.165, 1.54) is 4.90 Å². The Balaban J connectivity index is 0.000000494. The fourth-order valence-corrected chi connectivity index (χ4v) is 8.14. The van der Waals surface area contributed by atoms with Crippen LogP contribution in [-0.4, -0.2) is 137 Å². The summed E-state index contributed by atoms with van der Waals surface area (Å²) in [7, 11) is 0.644. The van der Waals surface area contributed by atoms with Gasteiger partial charge in [0, 0.05) is 74.3 Å². The molecular weight excluding hydrogens is 851 g/mol. The smallest absolute Gasteiger partial charge is 0.410 e. The lowest BCUT2D eigenvalue weighted by Crippen LogP contribution is -2.48. The Kier molecular flexibility index (Phi) is 21.9. The third-order valence-electron chi connectivity index (χ3n) is 10.2. The summed E-state index contributed by atoms with van der Waals surface area (Å²) < 4.78 is 92.0. The summed E-state index contributed by atoms with van der Waals surface area (Å²) in [5.74, 6) is -9.44. The molecule has 5 N–H and O–H groups in total. The standard InChI is InChI=1S/C19H36F2N2O4Si.C13H23F2NO4Si.C8H15F2NO/c1-18(2,3)27-17(25)23(4)13-15(10-14-11-19(20,21)12-14)22-16(24)26-8-9-28(5,6)7;1-21(2,3)5-4-20-12(19)16-10(11(17)18)6-9-7-13(14,15)8-9;1-11-7(5-12)2-6-3-8(9,10)4-6/h14-15H,8-13H2,1-7H3,(H,22,24);9-10H,4-8H2,1-3H3,(H,16,19)(H,17,18);6-7,11-12H,2-5H2,1H3. The molecule has 21 heteroatoms. The highest BCUT2D eigenvalue weighted by atomic mass is 28.3. The molecule has 3 atom stereocenters. The third-order valence-corrected chi connectivity index (χ3v) is 13.6. The number of carboxylic acids is 1. The predicted octanol–water partition coefficient (Wildman–Crippen LogP) is 8.66. The predicted molar refractivity (Wildman–Crippen MR) is 226 cm³/mol. The average molecular weight is 925 g/mol. The molecule has 3 aliphatic carbocycles. The largest absolute Gasteiger partial charge is 0.480 e. The Morgan fingerprint density at radius 2 is 1.08 bits per heavy atom. The zero-order chi connectivity index (χ0) is 47.2. The van der Waals surface area contributed by atoms with Gasteiger partial charge < -0.3 is 45.3 Å². The molecule has 358 valence electrons. The van der Waals surface area contributed by atoms with Crippen molar-refractivity contribution in [2.75, 3.05) is 40.5 Å². The number of alkyl halides is 6. The quantitative estimate of drug-likeness (QED) is 0.0479. The number of ether oxygens (including phenoxy) is 3. The Hall–Kier alpha value is -2.79. The summed E-state index contributed by atoms with van der Waals surface area (Å²) in [4.78, 5) is 48.3. The minimum atomic E-state index is -2.69. The molecule has 0 saturated heterocycles. The van der Waals surface area contributed by atoms with Gasteiger partial charge in [-0.3, -0.25) is 0 Å². The van der Waals surface area contributed by atoms with Crippen molar-refractivity contribution >= 4 is 40.4 Å². The van der Waals surface area contributed by atoms with Gasteiger partial charge in [0.15, 0.2) is 0 Å². The summed E-state index contributed by atoms with van der Waals surface area (Å²) in [6.07, 6.45) is -1.90. The van der Waals surface area contributed by atoms with Gasteiger partial charge in [-0.1, -0.05) is 39.3 Å². The summed E-state index contributed by atoms with van der Waals surface area (Å²) in [5, 5.41) is 25.7. The van der Waals surface area contributed by atoms with E-state index < -0.39 is 75.8 Å². The first-order valence-corrected chi connectivity index (χ1v) is 28.5. The number of alkyl carbamates (subject to hydrolysis) is 2. The number of nitrogens with zero attached hydrogens (tertiary/aromatic N) is 1. The van der Waals surface area contributed by atoms with Gasteiger partial charge in [-0.2, -0.15) is 0 Å². The molecule has 3 saturated carbocycles. The van der Waals surface area contributed by atoms with Crippen LogP contribution in [0.2, 0.25) is 51.4 Å². The Morgan fingerprint density at radius 1 is 0.705 bits per heavy atom. The van der Waals surface area contributed by atoms with Crippen LogP contribution >= 0.6 is 0 Å². The number of aliphatic carboxylic acids is 1. The number of carbonyl (C=O) groups is 4. The Bertz CT molecular complexity index is 1370. The minimum Gasteiger partial charge on any atom is -0.480 e. The van der Waals surface area contributed by atoms with E-state index in [2.05, 4.69) is 55.2 Å². The lowest BCUT2D eigenvalue weighted by Gasteiger charge is -2.37. The number of carboxylic acid groups (broad SMARTS) is 1. The van der Waals surface area contributed by atoms with Gasteiger partial charge in [0.05, 0.1) is 25.9 Å².